The van der Waals surface area contributed by atoms with Gasteiger partial charge in [0, 0.05) is 23.8 Å². The van der Waals surface area contributed by atoms with Crippen molar-refractivity contribution in [1.29, 1.82) is 0 Å². The van der Waals surface area contributed by atoms with Gasteiger partial charge in [-0.3, -0.25) is 9.78 Å². The van der Waals surface area contributed by atoms with E-state index in [9.17, 15) is 14.0 Å². The van der Waals surface area contributed by atoms with Crippen LogP contribution in [0.1, 0.15) is 29.5 Å². The van der Waals surface area contributed by atoms with Gasteiger partial charge in [0.15, 0.2) is 5.16 Å². The number of aromatic nitrogens is 3. The van der Waals surface area contributed by atoms with Crippen LogP contribution in [0.2, 0.25) is 0 Å². The van der Waals surface area contributed by atoms with E-state index in [2.05, 4.69) is 20.3 Å². The van der Waals surface area contributed by atoms with Crippen molar-refractivity contribution >= 4 is 23.5 Å². The minimum absolute atomic E-state index is 0.300. The van der Waals surface area contributed by atoms with Crippen molar-refractivity contribution in [3.05, 3.63) is 92.9 Å². The smallest absolute Gasteiger partial charge is 0.336 e. The Kier molecular flexibility index (Phi) is 5.85. The number of hydrogen-bond acceptors (Lipinski definition) is 7. The van der Waals surface area contributed by atoms with Crippen LogP contribution in [0.4, 0.5) is 10.2 Å². The summed E-state index contributed by atoms with van der Waals surface area (Å²) in [7, 11) is 1.30. The molecule has 0 fully saturated rings. The summed E-state index contributed by atoms with van der Waals surface area (Å²) in [5.74, 6) is -0.880. The lowest BCUT2D eigenvalue weighted by atomic mass is 9.83. The summed E-state index contributed by atoms with van der Waals surface area (Å²) in [5, 5.41) is 3.40. The zero-order chi connectivity index (χ0) is 22.0. The Labute approximate surface area is 181 Å². The van der Waals surface area contributed by atoms with Gasteiger partial charge in [-0.05, 0) is 30.2 Å². The predicted molar refractivity (Wildman–Crippen MR) is 115 cm³/mol. The highest BCUT2D eigenvalue weighted by molar-refractivity contribution is 7.98. The first-order chi connectivity index (χ1) is 15.0. The van der Waals surface area contributed by atoms with Crippen molar-refractivity contribution in [2.75, 3.05) is 12.4 Å². The quantitative estimate of drug-likeness (QED) is 0.357. The molecule has 4 rings (SSSR count). The van der Waals surface area contributed by atoms with E-state index in [-0.39, 0.29) is 5.82 Å². The van der Waals surface area contributed by atoms with E-state index >= 15 is 0 Å². The first-order valence-corrected chi connectivity index (χ1v) is 10.4. The zero-order valence-corrected chi connectivity index (χ0v) is 17.6. The third-order valence-electron chi connectivity index (χ3n) is 4.97. The highest BCUT2D eigenvalue weighted by Crippen LogP contribution is 2.39. The maximum atomic E-state index is 13.9. The van der Waals surface area contributed by atoms with E-state index in [1.54, 1.807) is 49.6 Å². The molecule has 3 heterocycles. The molecule has 2 aromatic heterocycles. The molecule has 0 aliphatic carbocycles. The average molecular weight is 438 g/mol. The molecule has 1 aromatic carbocycles. The second-order valence-electron chi connectivity index (χ2n) is 6.89. The molecule has 158 valence electrons. The molecule has 3 aromatic rings. The fraction of sp³-hybridized carbons (Fsp3) is 0.182. The van der Waals surface area contributed by atoms with Crippen molar-refractivity contribution in [2.45, 2.75) is 23.8 Å². The van der Waals surface area contributed by atoms with E-state index in [4.69, 9.17) is 4.74 Å². The van der Waals surface area contributed by atoms with Crippen LogP contribution in [-0.4, -0.2) is 28.0 Å². The van der Waals surface area contributed by atoms with Crippen LogP contribution in [0.5, 0.6) is 0 Å². The number of halogens is 1. The molecule has 1 aliphatic heterocycles. The van der Waals surface area contributed by atoms with Crippen molar-refractivity contribution in [3.8, 4) is 0 Å². The van der Waals surface area contributed by atoms with Gasteiger partial charge in [-0.25, -0.2) is 14.2 Å². The summed E-state index contributed by atoms with van der Waals surface area (Å²) in [6.45, 7) is 1.73. The van der Waals surface area contributed by atoms with Crippen molar-refractivity contribution < 1.29 is 13.9 Å². The lowest BCUT2D eigenvalue weighted by molar-refractivity contribution is -0.136. The molecule has 1 atom stereocenters. The van der Waals surface area contributed by atoms with Gasteiger partial charge in [0.05, 0.1) is 24.2 Å². The summed E-state index contributed by atoms with van der Waals surface area (Å²) in [4.78, 5) is 37.0. The molecule has 0 saturated heterocycles. The van der Waals surface area contributed by atoms with E-state index in [0.717, 1.165) is 0 Å². The number of pyridine rings is 1. The van der Waals surface area contributed by atoms with Gasteiger partial charge in [-0.15, -0.1) is 0 Å². The van der Waals surface area contributed by atoms with Gasteiger partial charge in [0.1, 0.15) is 11.6 Å². The Bertz CT molecular complexity index is 1230. The van der Waals surface area contributed by atoms with Crippen LogP contribution in [0.25, 0.3) is 0 Å². The Hall–Kier alpha value is -3.46. The number of allylic oxidation sites excluding steroid dienone is 1. The molecule has 7 nitrogen and oxygen atoms in total. The highest BCUT2D eigenvalue weighted by Gasteiger charge is 2.36. The maximum absolute atomic E-state index is 13.9. The number of nitrogens with zero attached hydrogens (tertiary/aromatic N) is 2. The summed E-state index contributed by atoms with van der Waals surface area (Å²) in [6.07, 6.45) is 3.22. The summed E-state index contributed by atoms with van der Waals surface area (Å²) >= 11 is 1.22. The number of fused-ring (bicyclic) bond motifs is 1. The molecule has 0 saturated carbocycles. The maximum Gasteiger partial charge on any atom is 0.336 e. The van der Waals surface area contributed by atoms with Gasteiger partial charge in [0.25, 0.3) is 5.56 Å². The largest absolute Gasteiger partial charge is 0.466 e. The van der Waals surface area contributed by atoms with Gasteiger partial charge < -0.3 is 15.0 Å². The third-order valence-corrected chi connectivity index (χ3v) is 5.89. The molecule has 2 N–H and O–H groups in total. The Morgan fingerprint density at radius 2 is 2.06 bits per heavy atom. The summed E-state index contributed by atoms with van der Waals surface area (Å²) < 4.78 is 18.9. The number of H-pyrrole nitrogens is 1. The number of esters is 1. The fourth-order valence-corrected chi connectivity index (χ4v) is 4.37. The Morgan fingerprint density at radius 1 is 1.26 bits per heavy atom. The number of rotatable bonds is 5. The van der Waals surface area contributed by atoms with Crippen molar-refractivity contribution in [3.63, 3.8) is 0 Å². The van der Waals surface area contributed by atoms with Crippen molar-refractivity contribution in [2.24, 2.45) is 0 Å². The number of nitrogens with one attached hydrogen (secondary N) is 2. The number of benzene rings is 1. The molecule has 0 radical (unpaired) electrons. The summed E-state index contributed by atoms with van der Waals surface area (Å²) in [5.41, 5.74) is 1.95. The van der Waals surface area contributed by atoms with Gasteiger partial charge in [0.2, 0.25) is 0 Å². The monoisotopic (exact) mass is 438 g/mol. The molecule has 1 aliphatic rings. The standard InChI is InChI=1S/C22H19FN4O3S/c1-12-16(21(29)30-2)17(13-7-5-9-24-10-13)18-19(25-12)26-22(27-20(18)28)31-11-14-6-3-4-8-15(14)23/h3-10,17H,11H2,1-2H3,(H2,25,26,27,28). The van der Waals surface area contributed by atoms with Gasteiger partial charge in [-0.2, -0.15) is 0 Å². The molecule has 9 heteroatoms. The molecule has 0 bridgehead atoms. The number of aromatic amines is 1. The fourth-order valence-electron chi connectivity index (χ4n) is 3.52. The third kappa shape index (κ3) is 4.09. The second kappa shape index (κ2) is 8.73. The SMILES string of the molecule is COC(=O)C1=C(C)Nc2nc(SCc3ccccc3F)[nH]c(=O)c2C1c1cccnc1. The Morgan fingerprint density at radius 3 is 2.77 bits per heavy atom. The number of carbonyl (C=O) groups is 1. The molecule has 31 heavy (non-hydrogen) atoms. The number of thioether (sulfide) groups is 1. The first kappa shape index (κ1) is 20.8. The van der Waals surface area contributed by atoms with Crippen LogP contribution < -0.4 is 10.9 Å². The van der Waals surface area contributed by atoms with Gasteiger partial charge in [-0.1, -0.05) is 36.0 Å². The van der Waals surface area contributed by atoms with E-state index in [1.807, 2.05) is 0 Å². The first-order valence-electron chi connectivity index (χ1n) is 9.46. The highest BCUT2D eigenvalue weighted by atomic mass is 32.2. The molecular formula is C22H19FN4O3S. The van der Waals surface area contributed by atoms with Crippen LogP contribution in [0, 0.1) is 5.82 Å². The number of anilines is 1. The molecule has 1 unspecified atom stereocenters. The number of ether oxygens (including phenoxy) is 1. The van der Waals surface area contributed by atoms with E-state index < -0.39 is 17.4 Å². The minimum atomic E-state index is -0.681. The molecular weight excluding hydrogens is 419 g/mol. The zero-order valence-electron chi connectivity index (χ0n) is 16.8. The summed E-state index contributed by atoms with van der Waals surface area (Å²) in [6, 6.07) is 9.99. The van der Waals surface area contributed by atoms with Crippen molar-refractivity contribution in [1.82, 2.24) is 15.0 Å². The number of carbonyl (C=O) groups excluding carboxylic acids is 1. The van der Waals surface area contributed by atoms with Crippen LogP contribution in [0.15, 0.2) is 70.0 Å². The molecule has 0 spiro atoms. The van der Waals surface area contributed by atoms with E-state index in [0.29, 0.717) is 44.7 Å². The van der Waals surface area contributed by atoms with Crippen LogP contribution >= 0.6 is 11.8 Å². The number of methoxy groups -OCH3 is 1. The normalized spacial score (nSPS) is 15.3. The second-order valence-corrected chi connectivity index (χ2v) is 7.85. The minimum Gasteiger partial charge on any atom is -0.466 e. The van der Waals surface area contributed by atoms with Gasteiger partial charge >= 0.3 is 5.97 Å². The van der Waals surface area contributed by atoms with Crippen LogP contribution in [-0.2, 0) is 15.3 Å². The van der Waals surface area contributed by atoms with E-state index in [1.165, 1.54) is 24.9 Å². The number of hydrogen-bond donors (Lipinski definition) is 2. The molecule has 0 amide bonds. The topological polar surface area (TPSA) is 97.0 Å². The Balaban J connectivity index is 1.76. The lowest BCUT2D eigenvalue weighted by Gasteiger charge is -2.28. The predicted octanol–water partition coefficient (Wildman–Crippen LogP) is 3.60. The average Bonchev–Trinajstić information content (AvgIpc) is 2.77. The van der Waals surface area contributed by atoms with Crippen LogP contribution in [0.3, 0.4) is 0 Å². The lowest BCUT2D eigenvalue weighted by Crippen LogP contribution is -2.31.